The van der Waals surface area contributed by atoms with E-state index in [-0.39, 0.29) is 23.7 Å². The summed E-state index contributed by atoms with van der Waals surface area (Å²) in [6.45, 7) is 4.44. The van der Waals surface area contributed by atoms with Crippen LogP contribution in [0, 0.1) is 6.92 Å². The van der Waals surface area contributed by atoms with Crippen molar-refractivity contribution >= 4 is 32.4 Å². The highest BCUT2D eigenvalue weighted by atomic mass is 32.2. The molecule has 140 valence electrons. The van der Waals surface area contributed by atoms with Gasteiger partial charge in [-0.15, -0.1) is 0 Å². The minimum Gasteiger partial charge on any atom is -0.465 e. The Bertz CT molecular complexity index is 872. The quantitative estimate of drug-likeness (QED) is 0.727. The van der Waals surface area contributed by atoms with Gasteiger partial charge < -0.3 is 9.64 Å². The van der Waals surface area contributed by atoms with Gasteiger partial charge in [0.25, 0.3) is 5.91 Å². The molecule has 2 heterocycles. The zero-order chi connectivity index (χ0) is 18.9. The minimum atomic E-state index is -4.05. The van der Waals surface area contributed by atoms with Gasteiger partial charge in [-0.1, -0.05) is 6.07 Å². The maximum atomic E-state index is 12.9. The Balaban J connectivity index is 2.06. The van der Waals surface area contributed by atoms with Gasteiger partial charge in [0.2, 0.25) is 14.9 Å². The lowest BCUT2D eigenvalue weighted by Crippen LogP contribution is -2.43. The van der Waals surface area contributed by atoms with Gasteiger partial charge >= 0.3 is 5.97 Å². The Hall–Kier alpha value is -2.42. The summed E-state index contributed by atoms with van der Waals surface area (Å²) in [5.41, 5.74) is 1.09. The van der Waals surface area contributed by atoms with Crippen LogP contribution in [0.5, 0.6) is 0 Å². The number of benzene rings is 1. The smallest absolute Gasteiger partial charge is 0.327 e. The topological polar surface area (TPSA) is 96.3 Å². The number of rotatable bonds is 4. The van der Waals surface area contributed by atoms with E-state index in [1.54, 1.807) is 19.1 Å². The van der Waals surface area contributed by atoms with Crippen LogP contribution in [0.25, 0.3) is 0 Å². The van der Waals surface area contributed by atoms with Crippen LogP contribution in [0.3, 0.4) is 0 Å². The number of fused-ring (bicyclic) bond motifs is 1. The number of amides is 1. The second-order valence-corrected chi connectivity index (χ2v) is 8.08. The number of hydrogen-bond donors (Lipinski definition) is 0. The first-order valence-corrected chi connectivity index (χ1v) is 9.99. The molecule has 26 heavy (non-hydrogen) atoms. The lowest BCUT2D eigenvalue weighted by atomic mass is 10.2. The maximum absolute atomic E-state index is 12.9. The predicted octanol–water partition coefficient (Wildman–Crippen LogP) is 1.09. The van der Waals surface area contributed by atoms with Crippen molar-refractivity contribution in [2.75, 3.05) is 31.3 Å². The van der Waals surface area contributed by atoms with E-state index >= 15 is 0 Å². The molecule has 0 N–H and O–H groups in total. The van der Waals surface area contributed by atoms with Crippen LogP contribution < -0.4 is 5.01 Å². The molecule has 2 aliphatic rings. The Morgan fingerprint density at radius 3 is 2.58 bits per heavy atom. The molecule has 1 aromatic rings. The molecule has 1 aromatic carbocycles. The van der Waals surface area contributed by atoms with Crippen LogP contribution in [-0.4, -0.2) is 56.5 Å². The van der Waals surface area contributed by atoms with E-state index in [1.807, 2.05) is 6.92 Å². The number of ether oxygens (including phenoxy) is 1. The van der Waals surface area contributed by atoms with Crippen molar-refractivity contribution < 1.29 is 22.7 Å². The van der Waals surface area contributed by atoms with E-state index in [0.717, 1.165) is 18.4 Å². The molecule has 3 rings (SSSR count). The molecule has 2 aliphatic heterocycles. The molecule has 1 fully saturated rings. The van der Waals surface area contributed by atoms with Crippen molar-refractivity contribution in [3.8, 4) is 0 Å². The molecule has 0 spiro atoms. The lowest BCUT2D eigenvalue weighted by molar-refractivity contribution is -0.141. The average Bonchev–Trinajstić information content (AvgIpc) is 3.11. The van der Waals surface area contributed by atoms with Crippen LogP contribution in [0.1, 0.15) is 25.3 Å². The van der Waals surface area contributed by atoms with Crippen molar-refractivity contribution in [3.63, 3.8) is 0 Å². The summed E-state index contributed by atoms with van der Waals surface area (Å²) in [6, 6.07) is 4.74. The number of anilines is 1. The van der Waals surface area contributed by atoms with E-state index in [2.05, 4.69) is 5.10 Å². The van der Waals surface area contributed by atoms with Gasteiger partial charge in [-0.25, -0.2) is 8.42 Å². The fourth-order valence-corrected chi connectivity index (χ4v) is 4.50. The first kappa shape index (κ1) is 18.4. The standard InChI is InChI=1S/C17H21N3O5S/c1-3-25-15(21)11-20-13-10-12(2)6-7-14(13)26(23,24)16(18-20)17(22)19-8-4-5-9-19/h6-7,10H,3-5,8-9,11H2,1-2H3. The molecule has 0 radical (unpaired) electrons. The Morgan fingerprint density at radius 2 is 1.92 bits per heavy atom. The third kappa shape index (κ3) is 3.31. The summed E-state index contributed by atoms with van der Waals surface area (Å²) >= 11 is 0. The van der Waals surface area contributed by atoms with Crippen LogP contribution in [0.4, 0.5) is 5.69 Å². The molecule has 0 bridgehead atoms. The van der Waals surface area contributed by atoms with E-state index in [1.165, 1.54) is 16.0 Å². The summed E-state index contributed by atoms with van der Waals surface area (Å²) in [5, 5.41) is 4.75. The van der Waals surface area contributed by atoms with Crippen molar-refractivity contribution in [2.24, 2.45) is 5.10 Å². The van der Waals surface area contributed by atoms with Gasteiger partial charge in [-0.05, 0) is 44.4 Å². The fraction of sp³-hybridized carbons (Fsp3) is 0.471. The molecular weight excluding hydrogens is 358 g/mol. The molecule has 8 nitrogen and oxygen atoms in total. The maximum Gasteiger partial charge on any atom is 0.327 e. The Kier molecular flexibility index (Phi) is 4.99. The second kappa shape index (κ2) is 7.06. The Morgan fingerprint density at radius 1 is 1.23 bits per heavy atom. The lowest BCUT2D eigenvalue weighted by Gasteiger charge is -2.28. The van der Waals surface area contributed by atoms with Gasteiger partial charge in [0, 0.05) is 13.1 Å². The number of sulfone groups is 1. The largest absolute Gasteiger partial charge is 0.465 e. The van der Waals surface area contributed by atoms with E-state index in [4.69, 9.17) is 4.74 Å². The van der Waals surface area contributed by atoms with Gasteiger partial charge in [-0.3, -0.25) is 14.6 Å². The van der Waals surface area contributed by atoms with Crippen LogP contribution >= 0.6 is 0 Å². The monoisotopic (exact) mass is 379 g/mol. The SMILES string of the molecule is CCOC(=O)CN1N=C(C(=O)N2CCCC2)S(=O)(=O)c2ccc(C)cc21. The number of aryl methyl sites for hydroxylation is 1. The molecule has 0 aromatic heterocycles. The van der Waals surface area contributed by atoms with Crippen molar-refractivity contribution in [1.29, 1.82) is 0 Å². The van der Waals surface area contributed by atoms with Crippen LogP contribution in [0.2, 0.25) is 0 Å². The number of hydrazone groups is 1. The predicted molar refractivity (Wildman–Crippen MR) is 95.6 cm³/mol. The summed E-state index contributed by atoms with van der Waals surface area (Å²) in [7, 11) is -4.05. The van der Waals surface area contributed by atoms with Gasteiger partial charge in [-0.2, -0.15) is 5.10 Å². The van der Waals surface area contributed by atoms with Gasteiger partial charge in [0.05, 0.1) is 17.2 Å². The van der Waals surface area contributed by atoms with Crippen molar-refractivity contribution in [3.05, 3.63) is 23.8 Å². The summed E-state index contributed by atoms with van der Waals surface area (Å²) in [5.74, 6) is -1.17. The van der Waals surface area contributed by atoms with Crippen molar-refractivity contribution in [1.82, 2.24) is 4.90 Å². The zero-order valence-corrected chi connectivity index (χ0v) is 15.6. The number of nitrogens with zero attached hydrogens (tertiary/aromatic N) is 3. The normalized spacial score (nSPS) is 18.3. The average molecular weight is 379 g/mol. The molecule has 9 heteroatoms. The minimum absolute atomic E-state index is 0.0232. The number of hydrogen-bond acceptors (Lipinski definition) is 7. The summed E-state index contributed by atoms with van der Waals surface area (Å²) < 4.78 is 30.8. The molecule has 0 unspecified atom stereocenters. The highest BCUT2D eigenvalue weighted by Crippen LogP contribution is 2.33. The summed E-state index contributed by atoms with van der Waals surface area (Å²) in [6.07, 6.45) is 1.67. The summed E-state index contributed by atoms with van der Waals surface area (Å²) in [4.78, 5) is 26.1. The van der Waals surface area contributed by atoms with E-state index in [0.29, 0.717) is 13.1 Å². The highest BCUT2D eigenvalue weighted by molar-refractivity contribution is 8.08. The van der Waals surface area contributed by atoms with E-state index in [9.17, 15) is 18.0 Å². The highest BCUT2D eigenvalue weighted by Gasteiger charge is 2.40. The molecular formula is C17H21N3O5S. The second-order valence-electron chi connectivity index (χ2n) is 6.24. The number of carbonyl (C=O) groups is 2. The van der Waals surface area contributed by atoms with Crippen LogP contribution in [0.15, 0.2) is 28.2 Å². The van der Waals surface area contributed by atoms with Gasteiger partial charge in [0.1, 0.15) is 6.54 Å². The molecule has 0 saturated carbocycles. The van der Waals surface area contributed by atoms with Crippen molar-refractivity contribution in [2.45, 2.75) is 31.6 Å². The first-order chi connectivity index (χ1) is 12.3. The molecule has 1 saturated heterocycles. The van der Waals surface area contributed by atoms with E-state index < -0.39 is 26.8 Å². The third-order valence-corrected chi connectivity index (χ3v) is 6.00. The Labute approximate surface area is 152 Å². The third-order valence-electron chi connectivity index (χ3n) is 4.31. The van der Waals surface area contributed by atoms with Crippen LogP contribution in [-0.2, 0) is 24.2 Å². The fourth-order valence-electron chi connectivity index (χ4n) is 3.04. The molecule has 1 amide bonds. The molecule has 0 atom stereocenters. The number of likely N-dealkylation sites (tertiary alicyclic amines) is 1. The zero-order valence-electron chi connectivity index (χ0n) is 14.8. The number of carbonyl (C=O) groups excluding carboxylic acids is 2. The van der Waals surface area contributed by atoms with Gasteiger partial charge in [0.15, 0.2) is 0 Å². The number of esters is 1. The molecule has 0 aliphatic carbocycles. The first-order valence-electron chi connectivity index (χ1n) is 8.51.